The molecule has 0 bridgehead atoms. The highest BCUT2D eigenvalue weighted by Gasteiger charge is 2.48. The molecule has 0 saturated heterocycles. The summed E-state index contributed by atoms with van der Waals surface area (Å²) in [6.07, 6.45) is -0.661. The molecule has 0 aromatic heterocycles. The normalized spacial score (nSPS) is 18.3. The molecule has 0 atom stereocenters. The molecule has 0 radical (unpaired) electrons. The minimum absolute atomic E-state index is 0.295. The van der Waals surface area contributed by atoms with Crippen molar-refractivity contribution in [2.45, 2.75) is 39.5 Å². The fourth-order valence-corrected chi connectivity index (χ4v) is 2.45. The van der Waals surface area contributed by atoms with Gasteiger partial charge in [0.2, 0.25) is 11.8 Å². The van der Waals surface area contributed by atoms with Crippen molar-refractivity contribution in [2.24, 2.45) is 5.92 Å². The molecule has 2 nitrogen and oxygen atoms in total. The Kier molecular flexibility index (Phi) is 3.13. The molecule has 0 aliphatic heterocycles. The minimum atomic E-state index is -2.65. The van der Waals surface area contributed by atoms with Gasteiger partial charge >= 0.3 is 0 Å². The first-order valence-electron chi connectivity index (χ1n) is 6.05. The van der Waals surface area contributed by atoms with Crippen LogP contribution in [0, 0.1) is 26.7 Å². The number of benzene rings is 1. The van der Waals surface area contributed by atoms with Gasteiger partial charge in [0.05, 0.1) is 0 Å². The number of aryl methyl sites for hydroxylation is 3. The smallest absolute Gasteiger partial charge is 0.249 e. The fourth-order valence-electron chi connectivity index (χ4n) is 2.45. The Balaban J connectivity index is 2.09. The van der Waals surface area contributed by atoms with E-state index >= 15 is 0 Å². The summed E-state index contributed by atoms with van der Waals surface area (Å²) in [4.78, 5) is 11.8. The zero-order valence-electron chi connectivity index (χ0n) is 10.8. The molecule has 1 N–H and O–H groups in total. The van der Waals surface area contributed by atoms with Crippen LogP contribution in [0.1, 0.15) is 29.5 Å². The van der Waals surface area contributed by atoms with Crippen molar-refractivity contribution in [3.05, 3.63) is 28.8 Å². The van der Waals surface area contributed by atoms with Crippen LogP contribution < -0.4 is 5.32 Å². The van der Waals surface area contributed by atoms with Crippen LogP contribution in [-0.2, 0) is 4.79 Å². The average molecular weight is 253 g/mol. The molecule has 0 unspecified atom stereocenters. The topological polar surface area (TPSA) is 29.1 Å². The van der Waals surface area contributed by atoms with Gasteiger partial charge in [-0.05, 0) is 31.9 Å². The molecule has 4 heteroatoms. The van der Waals surface area contributed by atoms with Crippen LogP contribution >= 0.6 is 0 Å². The molecule has 98 valence electrons. The number of nitrogens with one attached hydrogen (secondary N) is 1. The van der Waals surface area contributed by atoms with Gasteiger partial charge in [-0.1, -0.05) is 17.7 Å². The van der Waals surface area contributed by atoms with E-state index in [0.29, 0.717) is 0 Å². The van der Waals surface area contributed by atoms with Crippen molar-refractivity contribution in [1.82, 2.24) is 0 Å². The highest BCUT2D eigenvalue weighted by Crippen LogP contribution is 2.43. The van der Waals surface area contributed by atoms with E-state index in [0.717, 1.165) is 22.4 Å². The Morgan fingerprint density at radius 3 is 2.17 bits per heavy atom. The maximum atomic E-state index is 12.7. The third kappa shape index (κ3) is 2.52. The lowest BCUT2D eigenvalue weighted by atomic mass is 9.80. The van der Waals surface area contributed by atoms with Gasteiger partial charge in [-0.15, -0.1) is 0 Å². The monoisotopic (exact) mass is 253 g/mol. The Morgan fingerprint density at radius 1 is 1.22 bits per heavy atom. The largest absolute Gasteiger partial charge is 0.325 e. The maximum Gasteiger partial charge on any atom is 0.249 e. The molecule has 1 aliphatic carbocycles. The standard InChI is InChI=1S/C14H17F2NO/c1-8-4-9(2)12(10(3)5-8)17-13(18)11-6-14(15,16)7-11/h4-5,11H,6-7H2,1-3H3,(H,17,18). The van der Waals surface area contributed by atoms with E-state index < -0.39 is 11.8 Å². The number of amides is 1. The van der Waals surface area contributed by atoms with E-state index in [-0.39, 0.29) is 18.7 Å². The molecule has 1 aliphatic rings. The Labute approximate surface area is 105 Å². The first-order valence-corrected chi connectivity index (χ1v) is 6.05. The molecular weight excluding hydrogens is 236 g/mol. The summed E-state index contributed by atoms with van der Waals surface area (Å²) in [6.45, 7) is 5.80. The van der Waals surface area contributed by atoms with Crippen molar-refractivity contribution >= 4 is 11.6 Å². The molecule has 1 amide bonds. The minimum Gasteiger partial charge on any atom is -0.325 e. The molecule has 1 saturated carbocycles. The SMILES string of the molecule is Cc1cc(C)c(NC(=O)C2CC(F)(F)C2)c(C)c1. The Morgan fingerprint density at radius 2 is 1.72 bits per heavy atom. The zero-order chi connectivity index (χ0) is 13.5. The third-order valence-electron chi connectivity index (χ3n) is 3.39. The van der Waals surface area contributed by atoms with Crippen molar-refractivity contribution in [3.8, 4) is 0 Å². The van der Waals surface area contributed by atoms with Crippen LogP contribution in [0.15, 0.2) is 12.1 Å². The van der Waals surface area contributed by atoms with E-state index in [1.807, 2.05) is 32.9 Å². The van der Waals surface area contributed by atoms with E-state index in [1.165, 1.54) is 0 Å². The maximum absolute atomic E-state index is 12.7. The summed E-state index contributed by atoms with van der Waals surface area (Å²) < 4.78 is 25.4. The number of rotatable bonds is 2. The van der Waals surface area contributed by atoms with Crippen LogP contribution in [0.3, 0.4) is 0 Å². The van der Waals surface area contributed by atoms with Crippen LogP contribution in [-0.4, -0.2) is 11.8 Å². The summed E-state index contributed by atoms with van der Waals surface area (Å²) in [6, 6.07) is 3.94. The van der Waals surface area contributed by atoms with E-state index in [4.69, 9.17) is 0 Å². The summed E-state index contributed by atoms with van der Waals surface area (Å²) in [5.74, 6) is -3.50. The summed E-state index contributed by atoms with van der Waals surface area (Å²) in [5, 5.41) is 2.77. The quantitative estimate of drug-likeness (QED) is 0.857. The van der Waals surface area contributed by atoms with Crippen LogP contribution in [0.2, 0.25) is 0 Å². The van der Waals surface area contributed by atoms with Crippen molar-refractivity contribution < 1.29 is 13.6 Å². The average Bonchev–Trinajstić information content (AvgIpc) is 2.19. The predicted molar refractivity (Wildman–Crippen MR) is 67.0 cm³/mol. The summed E-state index contributed by atoms with van der Waals surface area (Å²) in [7, 11) is 0. The van der Waals surface area contributed by atoms with Crippen molar-refractivity contribution in [3.63, 3.8) is 0 Å². The lowest BCUT2D eigenvalue weighted by molar-refractivity contribution is -0.145. The summed E-state index contributed by atoms with van der Waals surface area (Å²) in [5.41, 5.74) is 3.80. The predicted octanol–water partition coefficient (Wildman–Crippen LogP) is 3.60. The molecule has 1 aromatic rings. The number of hydrogen-bond donors (Lipinski definition) is 1. The zero-order valence-corrected chi connectivity index (χ0v) is 10.8. The van der Waals surface area contributed by atoms with Gasteiger partial charge in [-0.3, -0.25) is 4.79 Å². The number of alkyl halides is 2. The van der Waals surface area contributed by atoms with Gasteiger partial charge in [0, 0.05) is 24.4 Å². The second-order valence-electron chi connectivity index (χ2n) is 5.22. The van der Waals surface area contributed by atoms with Gasteiger partial charge in [0.1, 0.15) is 0 Å². The lowest BCUT2D eigenvalue weighted by Crippen LogP contribution is -2.42. The van der Waals surface area contributed by atoms with E-state index in [2.05, 4.69) is 5.32 Å². The number of carbonyl (C=O) groups is 1. The third-order valence-corrected chi connectivity index (χ3v) is 3.39. The molecule has 2 rings (SSSR count). The van der Waals surface area contributed by atoms with Gasteiger partial charge in [-0.25, -0.2) is 8.78 Å². The van der Waals surface area contributed by atoms with Crippen molar-refractivity contribution in [2.75, 3.05) is 5.32 Å². The number of halogens is 2. The van der Waals surface area contributed by atoms with Gasteiger partial charge in [0.15, 0.2) is 0 Å². The highest BCUT2D eigenvalue weighted by molar-refractivity contribution is 5.94. The van der Waals surface area contributed by atoms with Crippen molar-refractivity contribution in [1.29, 1.82) is 0 Å². The lowest BCUT2D eigenvalue weighted by Gasteiger charge is -2.33. The van der Waals surface area contributed by atoms with E-state index in [1.54, 1.807) is 0 Å². The Hall–Kier alpha value is -1.45. The number of carbonyl (C=O) groups excluding carboxylic acids is 1. The summed E-state index contributed by atoms with van der Waals surface area (Å²) >= 11 is 0. The number of hydrogen-bond acceptors (Lipinski definition) is 1. The first kappa shape index (κ1) is 13.0. The van der Waals surface area contributed by atoms with Crippen LogP contribution in [0.4, 0.5) is 14.5 Å². The molecule has 1 aromatic carbocycles. The molecule has 18 heavy (non-hydrogen) atoms. The second kappa shape index (κ2) is 4.34. The van der Waals surface area contributed by atoms with E-state index in [9.17, 15) is 13.6 Å². The molecular formula is C14H17F2NO. The molecule has 0 spiro atoms. The second-order valence-corrected chi connectivity index (χ2v) is 5.22. The molecule has 1 fully saturated rings. The van der Waals surface area contributed by atoms with Gasteiger partial charge in [0.25, 0.3) is 0 Å². The first-order chi connectivity index (χ1) is 8.28. The van der Waals surface area contributed by atoms with Crippen LogP contribution in [0.5, 0.6) is 0 Å². The Bertz CT molecular complexity index is 466. The molecule has 0 heterocycles. The fraction of sp³-hybridized carbons (Fsp3) is 0.500. The van der Waals surface area contributed by atoms with Gasteiger partial charge < -0.3 is 5.32 Å². The van der Waals surface area contributed by atoms with Crippen LogP contribution in [0.25, 0.3) is 0 Å². The van der Waals surface area contributed by atoms with Gasteiger partial charge in [-0.2, -0.15) is 0 Å². The highest BCUT2D eigenvalue weighted by atomic mass is 19.3. The number of anilines is 1.